The summed E-state index contributed by atoms with van der Waals surface area (Å²) >= 11 is 0. The van der Waals surface area contributed by atoms with E-state index in [1.807, 2.05) is 30.3 Å². The molecule has 0 spiro atoms. The fraction of sp³-hybridized carbons (Fsp3) is 0.400. The van der Waals surface area contributed by atoms with E-state index in [1.165, 1.54) is 12.4 Å². The van der Waals surface area contributed by atoms with E-state index in [1.54, 1.807) is 5.48 Å². The van der Waals surface area contributed by atoms with E-state index in [-0.39, 0.29) is 22.9 Å². The SMILES string of the molecule is O=C(NO)c1cnc(N2CC3C(C2)C3NC(=O)C2(c3ccccc3)CC2)nc1. The highest BCUT2D eigenvalue weighted by molar-refractivity contribution is 5.93. The maximum atomic E-state index is 12.9. The molecule has 8 heteroatoms. The minimum atomic E-state index is -0.633. The molecule has 2 aromatic rings. The van der Waals surface area contributed by atoms with Crippen molar-refractivity contribution in [1.82, 2.24) is 20.8 Å². The molecule has 3 N–H and O–H groups in total. The normalized spacial score (nSPS) is 26.3. The van der Waals surface area contributed by atoms with Crippen LogP contribution in [0.25, 0.3) is 0 Å². The van der Waals surface area contributed by atoms with Crippen molar-refractivity contribution in [1.29, 1.82) is 0 Å². The predicted molar refractivity (Wildman–Crippen MR) is 99.8 cm³/mol. The number of hydroxylamine groups is 1. The van der Waals surface area contributed by atoms with Gasteiger partial charge in [0.1, 0.15) is 0 Å². The van der Waals surface area contributed by atoms with Gasteiger partial charge in [0.25, 0.3) is 5.91 Å². The summed E-state index contributed by atoms with van der Waals surface area (Å²) in [5, 5.41) is 11.9. The lowest BCUT2D eigenvalue weighted by Gasteiger charge is -2.21. The third kappa shape index (κ3) is 2.72. The fourth-order valence-corrected chi connectivity index (χ4v) is 4.39. The summed E-state index contributed by atoms with van der Waals surface area (Å²) in [6.45, 7) is 1.58. The molecule has 2 aliphatic carbocycles. The molecular weight excluding hydrogens is 358 g/mol. The molecule has 28 heavy (non-hydrogen) atoms. The Kier molecular flexibility index (Phi) is 3.83. The minimum absolute atomic E-state index is 0.153. The number of hydrogen-bond acceptors (Lipinski definition) is 6. The predicted octanol–water partition coefficient (Wildman–Crippen LogP) is 0.878. The molecule has 1 aliphatic heterocycles. The van der Waals surface area contributed by atoms with Crippen LogP contribution < -0.4 is 15.7 Å². The fourth-order valence-electron chi connectivity index (χ4n) is 4.39. The molecule has 0 bridgehead atoms. The third-order valence-electron chi connectivity index (χ3n) is 6.29. The largest absolute Gasteiger partial charge is 0.352 e. The highest BCUT2D eigenvalue weighted by atomic mass is 16.5. The van der Waals surface area contributed by atoms with E-state index >= 15 is 0 Å². The van der Waals surface area contributed by atoms with Gasteiger partial charge in [-0.25, -0.2) is 15.4 Å². The number of anilines is 1. The van der Waals surface area contributed by atoms with E-state index < -0.39 is 5.91 Å². The first-order chi connectivity index (χ1) is 13.6. The summed E-state index contributed by atoms with van der Waals surface area (Å²) in [6.07, 6.45) is 4.62. The Morgan fingerprint density at radius 2 is 1.71 bits per heavy atom. The van der Waals surface area contributed by atoms with E-state index in [4.69, 9.17) is 5.21 Å². The van der Waals surface area contributed by atoms with Gasteiger partial charge in [0.05, 0.1) is 11.0 Å². The Labute approximate surface area is 161 Å². The Morgan fingerprint density at radius 1 is 1.07 bits per heavy atom. The van der Waals surface area contributed by atoms with Gasteiger partial charge < -0.3 is 10.2 Å². The van der Waals surface area contributed by atoms with Gasteiger partial charge in [-0.1, -0.05) is 30.3 Å². The van der Waals surface area contributed by atoms with Crippen molar-refractivity contribution < 1.29 is 14.8 Å². The van der Waals surface area contributed by atoms with Crippen LogP contribution in [0.2, 0.25) is 0 Å². The highest BCUT2D eigenvalue weighted by Gasteiger charge is 2.60. The number of piperidine rings is 1. The summed E-state index contributed by atoms with van der Waals surface area (Å²) in [7, 11) is 0. The zero-order valence-electron chi connectivity index (χ0n) is 15.2. The number of carbonyl (C=O) groups excluding carboxylic acids is 2. The van der Waals surface area contributed by atoms with E-state index in [2.05, 4.69) is 20.2 Å². The van der Waals surface area contributed by atoms with Crippen molar-refractivity contribution in [2.45, 2.75) is 24.3 Å². The smallest absolute Gasteiger partial charge is 0.277 e. The zero-order valence-corrected chi connectivity index (χ0v) is 15.2. The van der Waals surface area contributed by atoms with Crippen LogP contribution in [0.1, 0.15) is 28.8 Å². The van der Waals surface area contributed by atoms with Crippen molar-refractivity contribution in [2.24, 2.45) is 11.8 Å². The Balaban J connectivity index is 1.18. The first-order valence-electron chi connectivity index (χ1n) is 9.50. The van der Waals surface area contributed by atoms with Crippen LogP contribution in [-0.2, 0) is 10.2 Å². The lowest BCUT2D eigenvalue weighted by molar-refractivity contribution is -0.123. The molecule has 3 fully saturated rings. The lowest BCUT2D eigenvalue weighted by Crippen LogP contribution is -2.40. The van der Waals surface area contributed by atoms with Gasteiger partial charge in [-0.05, 0) is 18.4 Å². The number of nitrogens with one attached hydrogen (secondary N) is 2. The van der Waals surface area contributed by atoms with Gasteiger partial charge in [-0.2, -0.15) is 0 Å². The molecule has 144 valence electrons. The quantitative estimate of drug-likeness (QED) is 0.526. The van der Waals surface area contributed by atoms with Crippen LogP contribution in [0.5, 0.6) is 0 Å². The third-order valence-corrected chi connectivity index (χ3v) is 6.29. The van der Waals surface area contributed by atoms with Crippen LogP contribution in [0.4, 0.5) is 5.95 Å². The van der Waals surface area contributed by atoms with Gasteiger partial charge >= 0.3 is 0 Å². The molecule has 0 radical (unpaired) electrons. The first-order valence-corrected chi connectivity index (χ1v) is 9.50. The van der Waals surface area contributed by atoms with E-state index in [9.17, 15) is 9.59 Å². The molecule has 3 aliphatic rings. The molecule has 5 rings (SSSR count). The average Bonchev–Trinajstić information content (AvgIpc) is 3.63. The molecular formula is C20H21N5O3. The minimum Gasteiger partial charge on any atom is -0.352 e. The Hall–Kier alpha value is -3.00. The van der Waals surface area contributed by atoms with Crippen LogP contribution in [0.15, 0.2) is 42.7 Å². The monoisotopic (exact) mass is 379 g/mol. The molecule has 1 aromatic carbocycles. The van der Waals surface area contributed by atoms with Gasteiger partial charge in [0.15, 0.2) is 0 Å². The van der Waals surface area contributed by atoms with E-state index in [0.29, 0.717) is 17.8 Å². The highest BCUT2D eigenvalue weighted by Crippen LogP contribution is 2.51. The topological polar surface area (TPSA) is 107 Å². The summed E-state index contributed by atoms with van der Waals surface area (Å²) in [4.78, 5) is 34.7. The van der Waals surface area contributed by atoms with Crippen LogP contribution in [-0.4, -0.2) is 46.1 Å². The summed E-state index contributed by atoms with van der Waals surface area (Å²) in [5.74, 6) is 0.917. The summed E-state index contributed by atoms with van der Waals surface area (Å²) < 4.78 is 0. The molecule has 2 atom stereocenters. The molecule has 2 heterocycles. The number of carbonyl (C=O) groups is 2. The molecule has 8 nitrogen and oxygen atoms in total. The van der Waals surface area contributed by atoms with Crippen molar-refractivity contribution >= 4 is 17.8 Å². The second kappa shape index (κ2) is 6.27. The van der Waals surface area contributed by atoms with Crippen molar-refractivity contribution in [3.8, 4) is 0 Å². The second-order valence-corrected chi connectivity index (χ2v) is 7.89. The summed E-state index contributed by atoms with van der Waals surface area (Å²) in [6, 6.07) is 10.3. The Bertz CT molecular complexity index is 901. The molecule has 1 aromatic heterocycles. The maximum absolute atomic E-state index is 12.9. The van der Waals surface area contributed by atoms with Crippen LogP contribution >= 0.6 is 0 Å². The molecule has 2 amide bonds. The number of nitrogens with zero attached hydrogens (tertiary/aromatic N) is 3. The van der Waals surface area contributed by atoms with Crippen molar-refractivity contribution in [3.05, 3.63) is 53.9 Å². The molecule has 1 saturated heterocycles. The Morgan fingerprint density at radius 3 is 2.29 bits per heavy atom. The second-order valence-electron chi connectivity index (χ2n) is 7.89. The summed E-state index contributed by atoms with van der Waals surface area (Å²) in [5.41, 5.74) is 2.55. The van der Waals surface area contributed by atoms with Crippen molar-refractivity contribution in [2.75, 3.05) is 18.0 Å². The average molecular weight is 379 g/mol. The van der Waals surface area contributed by atoms with Crippen LogP contribution in [0, 0.1) is 11.8 Å². The molecule has 2 unspecified atom stereocenters. The number of benzene rings is 1. The number of hydrogen-bond donors (Lipinski definition) is 3. The molecule has 2 saturated carbocycles. The van der Waals surface area contributed by atoms with Gasteiger partial charge in [0.2, 0.25) is 11.9 Å². The number of amides is 2. The number of fused-ring (bicyclic) bond motifs is 1. The standard InChI is InChI=1S/C20H21N5O3/c26-17(24-28)12-8-21-19(22-9-12)25-10-14-15(11-25)16(14)23-18(27)20(6-7-20)13-4-2-1-3-5-13/h1-5,8-9,14-16,28H,6-7,10-11H2,(H,23,27)(H,24,26). The van der Waals surface area contributed by atoms with Gasteiger partial charge in [0, 0.05) is 43.4 Å². The van der Waals surface area contributed by atoms with E-state index in [0.717, 1.165) is 31.5 Å². The number of rotatable bonds is 5. The van der Waals surface area contributed by atoms with Crippen LogP contribution in [0.3, 0.4) is 0 Å². The maximum Gasteiger partial charge on any atom is 0.277 e. The van der Waals surface area contributed by atoms with Gasteiger partial charge in [-0.3, -0.25) is 14.8 Å². The lowest BCUT2D eigenvalue weighted by atomic mass is 9.95. The zero-order chi connectivity index (χ0) is 19.3. The van der Waals surface area contributed by atoms with Gasteiger partial charge in [-0.15, -0.1) is 0 Å². The number of aromatic nitrogens is 2. The first kappa shape index (κ1) is 17.1. The van der Waals surface area contributed by atoms with Crippen molar-refractivity contribution in [3.63, 3.8) is 0 Å².